The van der Waals surface area contributed by atoms with Gasteiger partial charge in [0.15, 0.2) is 0 Å². The standard InChI is InChI=1S/C26H34N6/c1-29(2)22-12-15-30(18-22)24-9-3-8-23-28-21(17-32(23)24)16-31-14-5-7-20-11-10-19-6-4-13-27-25(19)26(20)31/h3-4,6,8-9,13,17,20,22,26H,5,7,10-12,14-16,18H2,1-2H3/t20-,22?,26-/m0/s1. The van der Waals surface area contributed by atoms with Crippen molar-refractivity contribution < 1.29 is 0 Å². The minimum atomic E-state index is 0.442. The van der Waals surface area contributed by atoms with Gasteiger partial charge in [0.25, 0.3) is 0 Å². The van der Waals surface area contributed by atoms with Crippen LogP contribution in [0.2, 0.25) is 0 Å². The van der Waals surface area contributed by atoms with E-state index in [-0.39, 0.29) is 0 Å². The van der Waals surface area contributed by atoms with E-state index in [2.05, 4.69) is 69.7 Å². The number of nitrogens with zero attached hydrogens (tertiary/aromatic N) is 6. The number of imidazole rings is 1. The van der Waals surface area contributed by atoms with Crippen molar-refractivity contribution in [2.24, 2.45) is 5.92 Å². The molecule has 32 heavy (non-hydrogen) atoms. The van der Waals surface area contributed by atoms with Gasteiger partial charge in [-0.1, -0.05) is 12.1 Å². The van der Waals surface area contributed by atoms with Crippen LogP contribution in [0.15, 0.2) is 42.7 Å². The molecule has 1 aliphatic carbocycles. The second-order valence-corrected chi connectivity index (χ2v) is 10.1. The molecule has 2 aliphatic heterocycles. The number of fused-ring (bicyclic) bond motifs is 4. The van der Waals surface area contributed by atoms with Gasteiger partial charge in [-0.3, -0.25) is 14.3 Å². The summed E-state index contributed by atoms with van der Waals surface area (Å²) >= 11 is 0. The molecule has 3 atom stereocenters. The molecule has 0 N–H and O–H groups in total. The molecule has 0 radical (unpaired) electrons. The first-order valence-corrected chi connectivity index (χ1v) is 12.2. The molecule has 168 valence electrons. The Morgan fingerprint density at radius 2 is 2.00 bits per heavy atom. The van der Waals surface area contributed by atoms with Crippen LogP contribution < -0.4 is 4.90 Å². The SMILES string of the molecule is CN(C)C1CCN(c2cccc3nc(CN4CCC[C@H]5CCc6cccnc6[C@H]54)cn23)C1. The number of hydrogen-bond donors (Lipinski definition) is 0. The van der Waals surface area contributed by atoms with Gasteiger partial charge < -0.3 is 9.80 Å². The Morgan fingerprint density at radius 1 is 1.06 bits per heavy atom. The second-order valence-electron chi connectivity index (χ2n) is 10.1. The van der Waals surface area contributed by atoms with Crippen molar-refractivity contribution in [1.82, 2.24) is 24.2 Å². The molecule has 0 spiro atoms. The number of anilines is 1. The zero-order valence-corrected chi connectivity index (χ0v) is 19.3. The number of likely N-dealkylation sites (N-methyl/N-ethyl adjacent to an activating group) is 1. The monoisotopic (exact) mass is 430 g/mol. The summed E-state index contributed by atoms with van der Waals surface area (Å²) in [7, 11) is 4.38. The van der Waals surface area contributed by atoms with Gasteiger partial charge in [-0.25, -0.2) is 4.98 Å². The van der Waals surface area contributed by atoms with Crippen molar-refractivity contribution in [3.8, 4) is 0 Å². The van der Waals surface area contributed by atoms with Gasteiger partial charge in [-0.2, -0.15) is 0 Å². The summed E-state index contributed by atoms with van der Waals surface area (Å²) in [6.07, 6.45) is 10.5. The second kappa shape index (κ2) is 8.16. The maximum absolute atomic E-state index is 5.05. The Morgan fingerprint density at radius 3 is 2.88 bits per heavy atom. The van der Waals surface area contributed by atoms with Gasteiger partial charge in [0.05, 0.1) is 17.4 Å². The predicted molar refractivity (Wildman–Crippen MR) is 128 cm³/mol. The van der Waals surface area contributed by atoms with Crippen LogP contribution in [-0.2, 0) is 13.0 Å². The Kier molecular flexibility index (Phi) is 5.15. The van der Waals surface area contributed by atoms with Crippen molar-refractivity contribution in [2.75, 3.05) is 38.6 Å². The molecule has 0 bridgehead atoms. The van der Waals surface area contributed by atoms with Crippen molar-refractivity contribution in [3.05, 3.63) is 59.7 Å². The van der Waals surface area contributed by atoms with E-state index in [1.165, 1.54) is 54.9 Å². The lowest BCUT2D eigenvalue weighted by atomic mass is 9.77. The van der Waals surface area contributed by atoms with Crippen LogP contribution in [-0.4, -0.2) is 63.9 Å². The largest absolute Gasteiger partial charge is 0.356 e. The van der Waals surface area contributed by atoms with E-state index < -0.39 is 0 Å². The molecule has 5 heterocycles. The number of aryl methyl sites for hydroxylation is 1. The van der Waals surface area contributed by atoms with Gasteiger partial charge >= 0.3 is 0 Å². The highest BCUT2D eigenvalue weighted by Crippen LogP contribution is 2.43. The summed E-state index contributed by atoms with van der Waals surface area (Å²) < 4.78 is 2.31. The molecule has 3 aliphatic rings. The zero-order chi connectivity index (χ0) is 21.7. The third-order valence-corrected chi connectivity index (χ3v) is 7.95. The lowest BCUT2D eigenvalue weighted by Crippen LogP contribution is -2.41. The number of pyridine rings is 2. The molecule has 6 rings (SSSR count). The summed E-state index contributed by atoms with van der Waals surface area (Å²) in [6.45, 7) is 4.22. The van der Waals surface area contributed by atoms with Crippen LogP contribution in [0.4, 0.5) is 5.82 Å². The van der Waals surface area contributed by atoms with E-state index in [0.29, 0.717) is 12.1 Å². The predicted octanol–water partition coefficient (Wildman–Crippen LogP) is 3.77. The number of likely N-dealkylation sites (tertiary alicyclic amines) is 1. The summed E-state index contributed by atoms with van der Waals surface area (Å²) in [5.74, 6) is 2.00. The van der Waals surface area contributed by atoms with E-state index in [0.717, 1.165) is 37.7 Å². The fourth-order valence-corrected chi connectivity index (χ4v) is 6.26. The van der Waals surface area contributed by atoms with Crippen molar-refractivity contribution in [1.29, 1.82) is 0 Å². The van der Waals surface area contributed by atoms with Gasteiger partial charge in [0, 0.05) is 38.1 Å². The van der Waals surface area contributed by atoms with E-state index in [1.807, 2.05) is 6.20 Å². The van der Waals surface area contributed by atoms with Crippen LogP contribution in [0.1, 0.15) is 48.7 Å². The summed E-state index contributed by atoms with van der Waals surface area (Å²) in [5.41, 5.74) is 4.99. The fraction of sp³-hybridized carbons (Fsp3) is 0.538. The Hall–Kier alpha value is -2.44. The topological polar surface area (TPSA) is 39.9 Å². The molecule has 6 heteroatoms. The maximum Gasteiger partial charge on any atom is 0.138 e. The van der Waals surface area contributed by atoms with Gasteiger partial charge in [-0.15, -0.1) is 0 Å². The smallest absolute Gasteiger partial charge is 0.138 e. The minimum Gasteiger partial charge on any atom is -0.356 e. The highest BCUT2D eigenvalue weighted by Gasteiger charge is 2.37. The molecule has 2 saturated heterocycles. The highest BCUT2D eigenvalue weighted by atomic mass is 15.3. The molecule has 0 aromatic carbocycles. The molecule has 1 unspecified atom stereocenters. The summed E-state index contributed by atoms with van der Waals surface area (Å²) in [6, 6.07) is 12.0. The molecule has 3 aromatic rings. The lowest BCUT2D eigenvalue weighted by molar-refractivity contribution is 0.0687. The van der Waals surface area contributed by atoms with Gasteiger partial charge in [-0.05, 0) is 82.4 Å². The van der Waals surface area contributed by atoms with E-state index >= 15 is 0 Å². The normalized spacial score (nSPS) is 26.0. The lowest BCUT2D eigenvalue weighted by Gasteiger charge is -2.44. The third kappa shape index (κ3) is 3.50. The molecule has 3 aromatic heterocycles. The van der Waals surface area contributed by atoms with Crippen molar-refractivity contribution >= 4 is 11.5 Å². The highest BCUT2D eigenvalue weighted by molar-refractivity contribution is 5.53. The summed E-state index contributed by atoms with van der Waals surface area (Å²) in [4.78, 5) is 17.4. The first kappa shape index (κ1) is 20.2. The first-order valence-electron chi connectivity index (χ1n) is 12.2. The Balaban J connectivity index is 1.28. The maximum atomic E-state index is 5.05. The zero-order valence-electron chi connectivity index (χ0n) is 19.3. The quantitative estimate of drug-likeness (QED) is 0.630. The number of rotatable bonds is 4. The van der Waals surface area contributed by atoms with E-state index in [1.54, 1.807) is 0 Å². The number of hydrogen-bond acceptors (Lipinski definition) is 5. The van der Waals surface area contributed by atoms with Crippen LogP contribution >= 0.6 is 0 Å². The molecule has 0 saturated carbocycles. The molecule has 2 fully saturated rings. The van der Waals surface area contributed by atoms with E-state index in [4.69, 9.17) is 9.97 Å². The third-order valence-electron chi connectivity index (χ3n) is 7.95. The first-order chi connectivity index (χ1) is 15.7. The van der Waals surface area contributed by atoms with Gasteiger partial charge in [0.2, 0.25) is 0 Å². The van der Waals surface area contributed by atoms with E-state index in [9.17, 15) is 0 Å². The van der Waals surface area contributed by atoms with Gasteiger partial charge in [0.1, 0.15) is 11.5 Å². The Bertz CT molecular complexity index is 1100. The minimum absolute atomic E-state index is 0.442. The van der Waals surface area contributed by atoms with Crippen molar-refractivity contribution in [3.63, 3.8) is 0 Å². The molecular weight excluding hydrogens is 396 g/mol. The molecular formula is C26H34N6. The summed E-state index contributed by atoms with van der Waals surface area (Å²) in [5, 5.41) is 0. The van der Waals surface area contributed by atoms with Crippen LogP contribution in [0.5, 0.6) is 0 Å². The van der Waals surface area contributed by atoms with Crippen LogP contribution in [0.25, 0.3) is 5.65 Å². The average Bonchev–Trinajstić information content (AvgIpc) is 3.46. The van der Waals surface area contributed by atoms with Crippen LogP contribution in [0.3, 0.4) is 0 Å². The fourth-order valence-electron chi connectivity index (χ4n) is 6.26. The number of aromatic nitrogens is 3. The molecule has 0 amide bonds. The average molecular weight is 431 g/mol. The van der Waals surface area contributed by atoms with Crippen LogP contribution in [0, 0.1) is 5.92 Å². The Labute approximate surface area is 190 Å². The molecule has 6 nitrogen and oxygen atoms in total. The number of piperidine rings is 1. The van der Waals surface area contributed by atoms with Crippen molar-refractivity contribution in [2.45, 2.75) is 50.7 Å².